The average molecular weight is 195 g/mol. The molecule has 1 rings (SSSR count). The lowest BCUT2D eigenvalue weighted by molar-refractivity contribution is 0.100. The number of hydrogen-bond acceptors (Lipinski definition) is 3. The number of carbonyl (C=O) groups is 1. The third kappa shape index (κ3) is 2.58. The fraction of sp³-hybridized carbons (Fsp3) is 0.222. The summed E-state index contributed by atoms with van der Waals surface area (Å²) < 4.78 is 0. The van der Waals surface area contributed by atoms with Gasteiger partial charge in [-0.05, 0) is 11.4 Å². The third-order valence-electron chi connectivity index (χ3n) is 1.35. The number of thiophene rings is 1. The summed E-state index contributed by atoms with van der Waals surface area (Å²) in [5.74, 6) is 5.05. The molecule has 68 valence electrons. The molecule has 0 atom stereocenters. The second-order valence-electron chi connectivity index (χ2n) is 2.30. The maximum atomic E-state index is 10.8. The van der Waals surface area contributed by atoms with Crippen molar-refractivity contribution in [1.29, 1.82) is 0 Å². The molecular formula is C9H9NO2S. The standard InChI is InChI=1S/C9H9NO2S/c10-9(12)8-7(4-6-13-8)3-1-2-5-11/h4,6,11H,2,5H2,(H2,10,12). The number of nitrogens with two attached hydrogens (primary N) is 1. The van der Waals surface area contributed by atoms with Crippen LogP contribution in [0.3, 0.4) is 0 Å². The van der Waals surface area contributed by atoms with Crippen LogP contribution in [0.4, 0.5) is 0 Å². The summed E-state index contributed by atoms with van der Waals surface area (Å²) in [6, 6.07) is 1.75. The van der Waals surface area contributed by atoms with Crippen molar-refractivity contribution in [1.82, 2.24) is 0 Å². The smallest absolute Gasteiger partial charge is 0.260 e. The Balaban J connectivity index is 2.84. The van der Waals surface area contributed by atoms with Crippen LogP contribution in [0.15, 0.2) is 11.4 Å². The number of rotatable bonds is 2. The van der Waals surface area contributed by atoms with E-state index in [1.807, 2.05) is 0 Å². The Labute approximate surface area is 80.2 Å². The molecule has 0 aliphatic rings. The quantitative estimate of drug-likeness (QED) is 0.678. The molecule has 0 radical (unpaired) electrons. The minimum atomic E-state index is -0.455. The van der Waals surface area contributed by atoms with Crippen molar-refractivity contribution in [3.8, 4) is 11.8 Å². The molecular weight excluding hydrogens is 186 g/mol. The summed E-state index contributed by atoms with van der Waals surface area (Å²) in [6.07, 6.45) is 0.411. The van der Waals surface area contributed by atoms with Crippen LogP contribution in [0.5, 0.6) is 0 Å². The number of carbonyl (C=O) groups excluding carboxylic acids is 1. The number of hydrogen-bond donors (Lipinski definition) is 2. The fourth-order valence-electron chi connectivity index (χ4n) is 0.812. The highest BCUT2D eigenvalue weighted by Gasteiger charge is 2.06. The van der Waals surface area contributed by atoms with Gasteiger partial charge in [0.15, 0.2) is 0 Å². The van der Waals surface area contributed by atoms with Crippen molar-refractivity contribution < 1.29 is 9.90 Å². The molecule has 3 N–H and O–H groups in total. The van der Waals surface area contributed by atoms with E-state index >= 15 is 0 Å². The van der Waals surface area contributed by atoms with E-state index in [-0.39, 0.29) is 6.61 Å². The Morgan fingerprint density at radius 1 is 1.69 bits per heavy atom. The lowest BCUT2D eigenvalue weighted by Crippen LogP contribution is -2.10. The molecule has 0 spiro atoms. The Bertz CT molecular complexity index is 359. The Hall–Kier alpha value is -1.31. The molecule has 0 aliphatic heterocycles. The van der Waals surface area contributed by atoms with Crippen LogP contribution in [-0.4, -0.2) is 17.6 Å². The second kappa shape index (κ2) is 4.65. The summed E-state index contributed by atoms with van der Waals surface area (Å²) in [4.78, 5) is 11.3. The van der Waals surface area contributed by atoms with Gasteiger partial charge < -0.3 is 10.8 Å². The molecule has 4 heteroatoms. The van der Waals surface area contributed by atoms with Crippen molar-refractivity contribution in [2.45, 2.75) is 6.42 Å². The van der Waals surface area contributed by atoms with Gasteiger partial charge in [0, 0.05) is 12.0 Å². The van der Waals surface area contributed by atoms with Crippen LogP contribution in [0.1, 0.15) is 21.7 Å². The molecule has 0 saturated carbocycles. The molecule has 1 aromatic heterocycles. The predicted molar refractivity (Wildman–Crippen MR) is 51.4 cm³/mol. The van der Waals surface area contributed by atoms with E-state index in [4.69, 9.17) is 10.8 Å². The average Bonchev–Trinajstić information content (AvgIpc) is 2.53. The van der Waals surface area contributed by atoms with Crippen molar-refractivity contribution in [2.75, 3.05) is 6.61 Å². The summed E-state index contributed by atoms with van der Waals surface area (Å²) in [6.45, 7) is 0.0308. The van der Waals surface area contributed by atoms with Gasteiger partial charge in [0.25, 0.3) is 5.91 Å². The molecule has 13 heavy (non-hydrogen) atoms. The number of primary amides is 1. The Morgan fingerprint density at radius 2 is 2.46 bits per heavy atom. The van der Waals surface area contributed by atoms with Crippen LogP contribution in [0, 0.1) is 11.8 Å². The monoisotopic (exact) mass is 195 g/mol. The summed E-state index contributed by atoms with van der Waals surface area (Å²) in [5, 5.41) is 10.2. The summed E-state index contributed by atoms with van der Waals surface area (Å²) >= 11 is 1.28. The number of amides is 1. The van der Waals surface area contributed by atoms with Gasteiger partial charge in [-0.15, -0.1) is 11.3 Å². The van der Waals surface area contributed by atoms with E-state index in [0.29, 0.717) is 16.9 Å². The van der Waals surface area contributed by atoms with E-state index in [2.05, 4.69) is 11.8 Å². The van der Waals surface area contributed by atoms with Gasteiger partial charge in [-0.25, -0.2) is 0 Å². The molecule has 0 aromatic carbocycles. The zero-order valence-electron chi connectivity index (χ0n) is 6.91. The highest BCUT2D eigenvalue weighted by molar-refractivity contribution is 7.12. The maximum Gasteiger partial charge on any atom is 0.260 e. The first-order chi connectivity index (χ1) is 6.25. The molecule has 1 amide bonds. The van der Waals surface area contributed by atoms with E-state index in [0.717, 1.165) is 0 Å². The normalized spacial score (nSPS) is 9.00. The first-order valence-corrected chi connectivity index (χ1v) is 4.60. The minimum Gasteiger partial charge on any atom is -0.395 e. The largest absolute Gasteiger partial charge is 0.395 e. The van der Waals surface area contributed by atoms with Gasteiger partial charge in [0.1, 0.15) is 4.88 Å². The zero-order valence-corrected chi connectivity index (χ0v) is 7.73. The maximum absolute atomic E-state index is 10.8. The van der Waals surface area contributed by atoms with Crippen LogP contribution in [0.25, 0.3) is 0 Å². The molecule has 1 aromatic rings. The fourth-order valence-corrected chi connectivity index (χ4v) is 1.51. The first kappa shape index (κ1) is 9.78. The van der Waals surface area contributed by atoms with Crippen molar-refractivity contribution in [2.24, 2.45) is 5.73 Å². The topological polar surface area (TPSA) is 63.3 Å². The number of aliphatic hydroxyl groups is 1. The lowest BCUT2D eigenvalue weighted by atomic mass is 10.2. The minimum absolute atomic E-state index is 0.0308. The summed E-state index contributed by atoms with van der Waals surface area (Å²) in [7, 11) is 0. The van der Waals surface area contributed by atoms with Gasteiger partial charge in [-0.2, -0.15) is 0 Å². The molecule has 0 saturated heterocycles. The molecule has 0 aliphatic carbocycles. The SMILES string of the molecule is NC(=O)c1sccc1C#CCCO. The van der Waals surface area contributed by atoms with E-state index < -0.39 is 5.91 Å². The molecule has 0 bridgehead atoms. The van der Waals surface area contributed by atoms with Gasteiger partial charge in [-0.3, -0.25) is 4.79 Å². The number of aliphatic hydroxyl groups excluding tert-OH is 1. The third-order valence-corrected chi connectivity index (χ3v) is 2.28. The van der Waals surface area contributed by atoms with Gasteiger partial charge in [0.05, 0.1) is 6.61 Å². The highest BCUT2D eigenvalue weighted by atomic mass is 32.1. The van der Waals surface area contributed by atoms with Crippen molar-refractivity contribution >= 4 is 17.2 Å². The van der Waals surface area contributed by atoms with Gasteiger partial charge in [-0.1, -0.05) is 11.8 Å². The zero-order chi connectivity index (χ0) is 9.68. The van der Waals surface area contributed by atoms with Crippen molar-refractivity contribution in [3.63, 3.8) is 0 Å². The van der Waals surface area contributed by atoms with E-state index in [1.165, 1.54) is 11.3 Å². The Morgan fingerprint density at radius 3 is 3.08 bits per heavy atom. The first-order valence-electron chi connectivity index (χ1n) is 3.72. The van der Waals surface area contributed by atoms with Gasteiger partial charge in [0.2, 0.25) is 0 Å². The Kier molecular flexibility index (Phi) is 3.50. The van der Waals surface area contributed by atoms with Crippen LogP contribution in [-0.2, 0) is 0 Å². The molecule has 0 unspecified atom stereocenters. The molecule has 1 heterocycles. The van der Waals surface area contributed by atoms with Crippen molar-refractivity contribution in [3.05, 3.63) is 21.9 Å². The van der Waals surface area contributed by atoms with Crippen LogP contribution in [0.2, 0.25) is 0 Å². The summed E-state index contributed by atoms with van der Waals surface area (Å²) in [5.41, 5.74) is 5.76. The second-order valence-corrected chi connectivity index (χ2v) is 3.22. The highest BCUT2D eigenvalue weighted by Crippen LogP contribution is 2.14. The predicted octanol–water partition coefficient (Wildman–Crippen LogP) is 0.581. The molecule has 0 fully saturated rings. The van der Waals surface area contributed by atoms with Crippen LogP contribution < -0.4 is 5.73 Å². The van der Waals surface area contributed by atoms with Gasteiger partial charge >= 0.3 is 0 Å². The van der Waals surface area contributed by atoms with E-state index in [9.17, 15) is 4.79 Å². The van der Waals surface area contributed by atoms with E-state index in [1.54, 1.807) is 11.4 Å². The van der Waals surface area contributed by atoms with Crippen LogP contribution >= 0.6 is 11.3 Å². The molecule has 3 nitrogen and oxygen atoms in total. The lowest BCUT2D eigenvalue weighted by Gasteiger charge is -1.88.